The largest absolute Gasteiger partial charge is 0.480 e. The number of nitrogens with one attached hydrogen (secondary N) is 1. The monoisotopic (exact) mass is 242 g/mol. The van der Waals surface area contributed by atoms with Gasteiger partial charge in [0, 0.05) is 19.4 Å². The normalized spacial score (nSPS) is 33.0. The van der Waals surface area contributed by atoms with E-state index in [1.54, 1.807) is 0 Å². The summed E-state index contributed by atoms with van der Waals surface area (Å²) < 4.78 is 0. The fourth-order valence-electron chi connectivity index (χ4n) is 2.58. The molecule has 6 nitrogen and oxygen atoms in total. The van der Waals surface area contributed by atoms with E-state index in [-0.39, 0.29) is 18.9 Å². The Bertz CT molecular complexity index is 315. The summed E-state index contributed by atoms with van der Waals surface area (Å²) in [5.41, 5.74) is 0. The Morgan fingerprint density at radius 1 is 1.41 bits per heavy atom. The standard InChI is InChI=1S/C11H18N2O4/c14-8-4-9(11(16)17)13(6-8)10(15)3-7-1-2-12-5-7/h7-9,12,14H,1-6H2,(H,16,17)/t7?,8-,9+/m1/s1. The molecule has 2 fully saturated rings. The molecule has 2 aliphatic heterocycles. The zero-order chi connectivity index (χ0) is 12.4. The van der Waals surface area contributed by atoms with E-state index in [1.165, 1.54) is 4.90 Å². The van der Waals surface area contributed by atoms with Crippen LogP contribution in [0.15, 0.2) is 0 Å². The highest BCUT2D eigenvalue weighted by Gasteiger charge is 2.39. The Morgan fingerprint density at radius 2 is 2.18 bits per heavy atom. The second kappa shape index (κ2) is 5.01. The number of β-amino-alcohol motifs (C(OH)–C–C–N with tert-alkyl or cyclic N) is 1. The molecule has 0 radical (unpaired) electrons. The summed E-state index contributed by atoms with van der Waals surface area (Å²) in [6, 6.07) is -0.855. The number of aliphatic carboxylic acids is 1. The van der Waals surface area contributed by atoms with Crippen LogP contribution in [0.5, 0.6) is 0 Å². The topological polar surface area (TPSA) is 89.9 Å². The summed E-state index contributed by atoms with van der Waals surface area (Å²) in [5, 5.41) is 21.6. The Balaban J connectivity index is 1.94. The van der Waals surface area contributed by atoms with Crippen LogP contribution in [0.25, 0.3) is 0 Å². The van der Waals surface area contributed by atoms with E-state index in [1.807, 2.05) is 0 Å². The predicted molar refractivity (Wildman–Crippen MR) is 59.4 cm³/mol. The molecule has 6 heteroatoms. The number of carbonyl (C=O) groups is 2. The zero-order valence-corrected chi connectivity index (χ0v) is 9.63. The van der Waals surface area contributed by atoms with Gasteiger partial charge in [0.2, 0.25) is 5.91 Å². The summed E-state index contributed by atoms with van der Waals surface area (Å²) in [4.78, 5) is 24.3. The number of carbonyl (C=O) groups excluding carboxylic acids is 1. The van der Waals surface area contributed by atoms with Crippen molar-refractivity contribution in [3.05, 3.63) is 0 Å². The molecule has 2 rings (SSSR count). The highest BCUT2D eigenvalue weighted by Crippen LogP contribution is 2.22. The Morgan fingerprint density at radius 3 is 2.76 bits per heavy atom. The van der Waals surface area contributed by atoms with Crippen LogP contribution in [-0.4, -0.2) is 58.8 Å². The van der Waals surface area contributed by atoms with Gasteiger partial charge in [0.05, 0.1) is 6.10 Å². The van der Waals surface area contributed by atoms with E-state index < -0.39 is 18.1 Å². The number of aliphatic hydroxyl groups is 1. The van der Waals surface area contributed by atoms with Gasteiger partial charge in [0.1, 0.15) is 6.04 Å². The quantitative estimate of drug-likeness (QED) is 0.592. The van der Waals surface area contributed by atoms with E-state index in [0.717, 1.165) is 19.5 Å². The first kappa shape index (κ1) is 12.3. The first-order valence-corrected chi connectivity index (χ1v) is 5.99. The van der Waals surface area contributed by atoms with Crippen LogP contribution in [0.2, 0.25) is 0 Å². The van der Waals surface area contributed by atoms with Gasteiger partial charge in [-0.1, -0.05) is 0 Å². The molecule has 0 bridgehead atoms. The first-order chi connectivity index (χ1) is 8.08. The molecule has 0 aromatic heterocycles. The number of hydrogen-bond acceptors (Lipinski definition) is 4. The maximum atomic E-state index is 12.0. The van der Waals surface area contributed by atoms with Gasteiger partial charge < -0.3 is 20.4 Å². The molecular weight excluding hydrogens is 224 g/mol. The van der Waals surface area contributed by atoms with E-state index in [0.29, 0.717) is 12.3 Å². The second-order valence-corrected chi connectivity index (χ2v) is 4.85. The van der Waals surface area contributed by atoms with Gasteiger partial charge in [0.25, 0.3) is 0 Å². The maximum Gasteiger partial charge on any atom is 0.326 e. The number of carboxylic acid groups (broad SMARTS) is 1. The average molecular weight is 242 g/mol. The molecule has 3 N–H and O–H groups in total. The highest BCUT2D eigenvalue weighted by molar-refractivity contribution is 5.84. The lowest BCUT2D eigenvalue weighted by molar-refractivity contribution is -0.148. The van der Waals surface area contributed by atoms with Crippen molar-refractivity contribution in [3.8, 4) is 0 Å². The van der Waals surface area contributed by atoms with Gasteiger partial charge in [-0.15, -0.1) is 0 Å². The molecule has 1 amide bonds. The smallest absolute Gasteiger partial charge is 0.326 e. The minimum atomic E-state index is -1.03. The molecule has 3 atom stereocenters. The number of rotatable bonds is 3. The van der Waals surface area contributed by atoms with Crippen LogP contribution in [0.4, 0.5) is 0 Å². The van der Waals surface area contributed by atoms with Gasteiger partial charge in [-0.3, -0.25) is 4.79 Å². The number of aliphatic hydroxyl groups excluding tert-OH is 1. The first-order valence-electron chi connectivity index (χ1n) is 5.99. The number of amides is 1. The van der Waals surface area contributed by atoms with Crippen molar-refractivity contribution in [1.29, 1.82) is 0 Å². The van der Waals surface area contributed by atoms with Crippen LogP contribution < -0.4 is 5.32 Å². The lowest BCUT2D eigenvalue weighted by Crippen LogP contribution is -2.41. The lowest BCUT2D eigenvalue weighted by atomic mass is 10.0. The minimum absolute atomic E-state index is 0.143. The molecule has 0 aromatic carbocycles. The third kappa shape index (κ3) is 2.76. The zero-order valence-electron chi connectivity index (χ0n) is 9.63. The average Bonchev–Trinajstić information content (AvgIpc) is 2.86. The molecule has 2 saturated heterocycles. The van der Waals surface area contributed by atoms with Crippen molar-refractivity contribution >= 4 is 11.9 Å². The SMILES string of the molecule is O=C(O)[C@@H]1C[C@@H](O)CN1C(=O)CC1CCNC1. The molecule has 1 unspecified atom stereocenters. The van der Waals surface area contributed by atoms with Gasteiger partial charge in [-0.05, 0) is 25.4 Å². The molecule has 96 valence electrons. The van der Waals surface area contributed by atoms with Crippen molar-refractivity contribution in [2.24, 2.45) is 5.92 Å². The van der Waals surface area contributed by atoms with E-state index in [9.17, 15) is 14.7 Å². The Labute approximate surface area is 99.6 Å². The summed E-state index contributed by atoms with van der Waals surface area (Å²) in [7, 11) is 0. The summed E-state index contributed by atoms with van der Waals surface area (Å²) in [6.07, 6.45) is 0.773. The van der Waals surface area contributed by atoms with Crippen LogP contribution >= 0.6 is 0 Å². The molecular formula is C11H18N2O4. The second-order valence-electron chi connectivity index (χ2n) is 4.85. The summed E-state index contributed by atoms with van der Waals surface area (Å²) in [6.45, 7) is 1.89. The molecule has 0 aromatic rings. The van der Waals surface area contributed by atoms with Crippen LogP contribution in [-0.2, 0) is 9.59 Å². The highest BCUT2D eigenvalue weighted by atomic mass is 16.4. The lowest BCUT2D eigenvalue weighted by Gasteiger charge is -2.22. The van der Waals surface area contributed by atoms with Gasteiger partial charge >= 0.3 is 5.97 Å². The number of carboxylic acids is 1. The maximum absolute atomic E-state index is 12.0. The number of nitrogens with zero attached hydrogens (tertiary/aromatic N) is 1. The Kier molecular flexibility index (Phi) is 3.63. The third-order valence-corrected chi connectivity index (χ3v) is 3.51. The Hall–Kier alpha value is -1.14. The van der Waals surface area contributed by atoms with Gasteiger partial charge in [-0.2, -0.15) is 0 Å². The van der Waals surface area contributed by atoms with Crippen molar-refractivity contribution in [2.75, 3.05) is 19.6 Å². The molecule has 2 aliphatic rings. The third-order valence-electron chi connectivity index (χ3n) is 3.51. The molecule has 0 spiro atoms. The fraction of sp³-hybridized carbons (Fsp3) is 0.818. The van der Waals surface area contributed by atoms with Gasteiger partial charge in [-0.25, -0.2) is 4.79 Å². The van der Waals surface area contributed by atoms with Gasteiger partial charge in [0.15, 0.2) is 0 Å². The summed E-state index contributed by atoms with van der Waals surface area (Å²) in [5.74, 6) is -0.878. The van der Waals surface area contributed by atoms with E-state index >= 15 is 0 Å². The fourth-order valence-corrected chi connectivity index (χ4v) is 2.58. The number of hydrogen-bond donors (Lipinski definition) is 3. The molecule has 17 heavy (non-hydrogen) atoms. The van der Waals surface area contributed by atoms with E-state index in [4.69, 9.17) is 5.11 Å². The molecule has 0 saturated carbocycles. The van der Waals surface area contributed by atoms with Crippen molar-refractivity contribution < 1.29 is 19.8 Å². The van der Waals surface area contributed by atoms with Crippen LogP contribution in [0, 0.1) is 5.92 Å². The molecule has 2 heterocycles. The molecule has 0 aliphatic carbocycles. The minimum Gasteiger partial charge on any atom is -0.480 e. The summed E-state index contributed by atoms with van der Waals surface area (Å²) >= 11 is 0. The van der Waals surface area contributed by atoms with Crippen molar-refractivity contribution in [3.63, 3.8) is 0 Å². The van der Waals surface area contributed by atoms with Crippen LogP contribution in [0.3, 0.4) is 0 Å². The van der Waals surface area contributed by atoms with E-state index in [2.05, 4.69) is 5.32 Å². The van der Waals surface area contributed by atoms with Crippen molar-refractivity contribution in [2.45, 2.75) is 31.4 Å². The predicted octanol–water partition coefficient (Wildman–Crippen LogP) is -0.968. The van der Waals surface area contributed by atoms with Crippen LogP contribution in [0.1, 0.15) is 19.3 Å². The number of likely N-dealkylation sites (tertiary alicyclic amines) is 1. The van der Waals surface area contributed by atoms with Crippen molar-refractivity contribution in [1.82, 2.24) is 10.2 Å².